The first kappa shape index (κ1) is 19.4. The van der Waals surface area contributed by atoms with Crippen molar-refractivity contribution >= 4 is 11.5 Å². The van der Waals surface area contributed by atoms with Gasteiger partial charge in [0.15, 0.2) is 5.82 Å². The summed E-state index contributed by atoms with van der Waals surface area (Å²) in [5.74, 6) is 2.46. The Kier molecular flexibility index (Phi) is 4.58. The molecule has 0 aliphatic carbocycles. The predicted molar refractivity (Wildman–Crippen MR) is 105 cm³/mol. The number of aryl methyl sites for hydroxylation is 1. The number of aromatic nitrogens is 7. The van der Waals surface area contributed by atoms with Crippen LogP contribution in [0.15, 0.2) is 36.8 Å². The molecule has 2 N–H and O–H groups in total. The first-order chi connectivity index (χ1) is 14.9. The first-order valence-electron chi connectivity index (χ1n) is 9.64. The Balaban J connectivity index is 1.47. The maximum atomic E-state index is 13.2. The number of nitrogens with zero attached hydrogens (tertiary/aromatic N) is 7. The van der Waals surface area contributed by atoms with Gasteiger partial charge in [0.25, 0.3) is 0 Å². The molecule has 0 amide bonds. The number of imidazole rings is 1. The Morgan fingerprint density at radius 3 is 2.77 bits per heavy atom. The Morgan fingerprint density at radius 1 is 1.13 bits per heavy atom. The summed E-state index contributed by atoms with van der Waals surface area (Å²) in [7, 11) is 0. The van der Waals surface area contributed by atoms with Crippen LogP contribution < -0.4 is 10.2 Å². The molecule has 5 heterocycles. The van der Waals surface area contributed by atoms with Crippen molar-refractivity contribution in [1.29, 1.82) is 0 Å². The molecule has 0 radical (unpaired) electrons. The average molecular weight is 429 g/mol. The average Bonchev–Trinajstić information content (AvgIpc) is 3.39. The van der Waals surface area contributed by atoms with Crippen LogP contribution in [0.2, 0.25) is 0 Å². The third kappa shape index (κ3) is 3.69. The van der Waals surface area contributed by atoms with E-state index in [0.29, 0.717) is 42.6 Å². The first-order valence-corrected chi connectivity index (χ1v) is 9.64. The molecule has 9 nitrogen and oxygen atoms in total. The van der Waals surface area contributed by atoms with E-state index in [9.17, 15) is 13.2 Å². The lowest BCUT2D eigenvalue weighted by atomic mass is 10.2. The monoisotopic (exact) mass is 429 g/mol. The molecule has 0 bridgehead atoms. The van der Waals surface area contributed by atoms with Gasteiger partial charge in [0.1, 0.15) is 28.8 Å². The van der Waals surface area contributed by atoms with Crippen LogP contribution in [0.1, 0.15) is 23.3 Å². The van der Waals surface area contributed by atoms with Gasteiger partial charge in [-0.05, 0) is 25.1 Å². The number of pyridine rings is 1. The highest BCUT2D eigenvalue weighted by Gasteiger charge is 2.31. The molecule has 12 heteroatoms. The third-order valence-electron chi connectivity index (χ3n) is 5.15. The number of nitrogens with one attached hydrogen (secondary N) is 2. The molecule has 1 saturated heterocycles. The van der Waals surface area contributed by atoms with Crippen LogP contribution in [-0.2, 0) is 6.18 Å². The van der Waals surface area contributed by atoms with Crippen LogP contribution in [0.5, 0.6) is 0 Å². The summed E-state index contributed by atoms with van der Waals surface area (Å²) in [6.45, 7) is 3.88. The van der Waals surface area contributed by atoms with Crippen molar-refractivity contribution in [3.05, 3.63) is 54.0 Å². The molecule has 160 valence electrons. The van der Waals surface area contributed by atoms with Crippen molar-refractivity contribution in [2.75, 3.05) is 24.5 Å². The molecule has 1 unspecified atom stereocenters. The van der Waals surface area contributed by atoms with Crippen molar-refractivity contribution in [3.8, 4) is 11.5 Å². The van der Waals surface area contributed by atoms with E-state index in [-0.39, 0.29) is 6.04 Å². The quantitative estimate of drug-likeness (QED) is 0.516. The zero-order valence-corrected chi connectivity index (χ0v) is 16.4. The van der Waals surface area contributed by atoms with Gasteiger partial charge in [-0.15, -0.1) is 10.2 Å². The zero-order chi connectivity index (χ0) is 21.6. The lowest BCUT2D eigenvalue weighted by Crippen LogP contribution is -2.46. The van der Waals surface area contributed by atoms with E-state index in [1.165, 1.54) is 16.7 Å². The van der Waals surface area contributed by atoms with E-state index >= 15 is 0 Å². The molecule has 1 atom stereocenters. The van der Waals surface area contributed by atoms with Crippen molar-refractivity contribution in [2.45, 2.75) is 19.1 Å². The summed E-state index contributed by atoms with van der Waals surface area (Å²) < 4.78 is 40.8. The molecule has 0 saturated carbocycles. The van der Waals surface area contributed by atoms with E-state index in [0.717, 1.165) is 23.9 Å². The molecular weight excluding hydrogens is 411 g/mol. The number of anilines is 1. The van der Waals surface area contributed by atoms with Gasteiger partial charge in [0.2, 0.25) is 0 Å². The number of halogens is 3. The van der Waals surface area contributed by atoms with Crippen LogP contribution in [0.4, 0.5) is 19.0 Å². The highest BCUT2D eigenvalue weighted by Crippen LogP contribution is 2.30. The molecular formula is C19H18F3N9. The van der Waals surface area contributed by atoms with Gasteiger partial charge in [-0.3, -0.25) is 4.40 Å². The van der Waals surface area contributed by atoms with Gasteiger partial charge in [-0.25, -0.2) is 15.0 Å². The Hall–Kier alpha value is -3.54. The standard InChI is InChI=1S/C19H18F3N9/c1-11-26-17(29-28-11)13-10-30(7-6-23-13)16-4-5-24-18(27-16)14-8-25-15-3-2-12(9-31(14)15)19(20,21)22/h2-5,8-9,13,23H,6-7,10H2,1H3,(H,26,28,29). The van der Waals surface area contributed by atoms with Gasteiger partial charge >= 0.3 is 6.18 Å². The van der Waals surface area contributed by atoms with Crippen LogP contribution in [0.3, 0.4) is 0 Å². The molecule has 1 aliphatic rings. The minimum absolute atomic E-state index is 0.0430. The zero-order valence-electron chi connectivity index (χ0n) is 16.4. The van der Waals surface area contributed by atoms with Crippen molar-refractivity contribution in [3.63, 3.8) is 0 Å². The van der Waals surface area contributed by atoms with Gasteiger partial charge in [0.05, 0.1) is 17.8 Å². The fraction of sp³-hybridized carbons (Fsp3) is 0.316. The lowest BCUT2D eigenvalue weighted by molar-refractivity contribution is -0.137. The fourth-order valence-corrected chi connectivity index (χ4v) is 3.62. The third-order valence-corrected chi connectivity index (χ3v) is 5.15. The predicted octanol–water partition coefficient (Wildman–Crippen LogP) is 2.39. The topological polar surface area (TPSA) is 99.9 Å². The molecule has 31 heavy (non-hydrogen) atoms. The fourth-order valence-electron chi connectivity index (χ4n) is 3.62. The second-order valence-corrected chi connectivity index (χ2v) is 7.27. The van der Waals surface area contributed by atoms with Crippen molar-refractivity contribution in [2.24, 2.45) is 0 Å². The van der Waals surface area contributed by atoms with Crippen molar-refractivity contribution in [1.82, 2.24) is 39.9 Å². The van der Waals surface area contributed by atoms with Crippen LogP contribution >= 0.6 is 0 Å². The molecule has 0 spiro atoms. The van der Waals surface area contributed by atoms with E-state index < -0.39 is 11.7 Å². The van der Waals surface area contributed by atoms with Crippen LogP contribution in [0, 0.1) is 6.92 Å². The summed E-state index contributed by atoms with van der Waals surface area (Å²) in [4.78, 5) is 18.3. The Bertz CT molecular complexity index is 1230. The summed E-state index contributed by atoms with van der Waals surface area (Å²) in [6, 6.07) is 4.08. The van der Waals surface area contributed by atoms with Gasteiger partial charge < -0.3 is 15.2 Å². The van der Waals surface area contributed by atoms with Gasteiger partial charge in [-0.2, -0.15) is 13.2 Å². The second kappa shape index (κ2) is 7.30. The van der Waals surface area contributed by atoms with Crippen molar-refractivity contribution < 1.29 is 13.2 Å². The molecule has 4 aromatic rings. The highest BCUT2D eigenvalue weighted by atomic mass is 19.4. The summed E-state index contributed by atoms with van der Waals surface area (Å²) in [6.07, 6.45) is -0.360. The Labute approximate surface area is 174 Å². The highest BCUT2D eigenvalue weighted by molar-refractivity contribution is 5.59. The molecule has 1 fully saturated rings. The summed E-state index contributed by atoms with van der Waals surface area (Å²) >= 11 is 0. The molecule has 0 aromatic carbocycles. The number of piperazine rings is 1. The number of hydrogen-bond donors (Lipinski definition) is 2. The lowest BCUT2D eigenvalue weighted by Gasteiger charge is -2.33. The number of alkyl halides is 3. The largest absolute Gasteiger partial charge is 0.417 e. The maximum absolute atomic E-state index is 13.2. The van der Waals surface area contributed by atoms with E-state index in [4.69, 9.17) is 0 Å². The van der Waals surface area contributed by atoms with E-state index in [2.05, 4.69) is 40.3 Å². The van der Waals surface area contributed by atoms with Crippen LogP contribution in [0.25, 0.3) is 17.2 Å². The SMILES string of the molecule is Cc1nnc(C2CN(c3ccnc(-c4cnc5ccc(C(F)(F)F)cn45)n3)CCN2)[nH]1. The minimum Gasteiger partial charge on any atom is -0.353 e. The van der Waals surface area contributed by atoms with Gasteiger partial charge in [0, 0.05) is 32.0 Å². The number of aromatic amines is 1. The Morgan fingerprint density at radius 2 is 2.00 bits per heavy atom. The maximum Gasteiger partial charge on any atom is 0.417 e. The number of rotatable bonds is 3. The summed E-state index contributed by atoms with van der Waals surface area (Å²) in [5.41, 5.74) is 0.0168. The van der Waals surface area contributed by atoms with E-state index in [1.54, 1.807) is 12.3 Å². The number of H-pyrrole nitrogens is 1. The van der Waals surface area contributed by atoms with Crippen LogP contribution in [-0.4, -0.2) is 54.2 Å². The van der Waals surface area contributed by atoms with Gasteiger partial charge in [-0.1, -0.05) is 0 Å². The van der Waals surface area contributed by atoms with E-state index in [1.807, 2.05) is 6.92 Å². The molecule has 5 rings (SSSR count). The molecule has 1 aliphatic heterocycles. The summed E-state index contributed by atoms with van der Waals surface area (Å²) in [5, 5.41) is 11.6. The second-order valence-electron chi connectivity index (χ2n) is 7.27. The minimum atomic E-state index is -4.45. The normalized spacial score (nSPS) is 17.4. The molecule has 4 aromatic heterocycles. The number of hydrogen-bond acceptors (Lipinski definition) is 7. The number of fused-ring (bicyclic) bond motifs is 1. The smallest absolute Gasteiger partial charge is 0.353 e.